The first-order chi connectivity index (χ1) is 12.2. The number of anilines is 1. The second kappa shape index (κ2) is 9.91. The van der Waals surface area contributed by atoms with Gasteiger partial charge < -0.3 is 15.1 Å². The summed E-state index contributed by atoms with van der Waals surface area (Å²) in [5, 5.41) is 6.65. The van der Waals surface area contributed by atoms with Crippen LogP contribution in [-0.4, -0.2) is 43.0 Å². The molecule has 0 saturated heterocycles. The fraction of sp³-hybridized carbons (Fsp3) is 0.368. The van der Waals surface area contributed by atoms with Crippen LogP contribution in [-0.2, 0) is 13.1 Å². The Kier molecular flexibility index (Phi) is 7.89. The monoisotopic (exact) mass is 483 g/mol. The number of hydrogen-bond donors (Lipinski definition) is 1. The molecule has 1 N–H and O–H groups in total. The molecule has 26 heavy (non-hydrogen) atoms. The molecule has 2 aromatic rings. The molecule has 0 unspecified atom stereocenters. The Morgan fingerprint density at radius 1 is 1.35 bits per heavy atom. The first-order valence-corrected chi connectivity index (χ1v) is 9.35. The van der Waals surface area contributed by atoms with Crippen LogP contribution in [0.4, 0.5) is 5.69 Å². The van der Waals surface area contributed by atoms with Gasteiger partial charge in [0.1, 0.15) is 0 Å². The second-order valence-corrected chi connectivity index (χ2v) is 7.22. The highest BCUT2D eigenvalue weighted by molar-refractivity contribution is 14.0. The molecule has 0 bridgehead atoms. The first kappa shape index (κ1) is 20.7. The molecule has 3 rings (SSSR count). The molecule has 1 aliphatic heterocycles. The van der Waals surface area contributed by atoms with Gasteiger partial charge in [-0.25, -0.2) is 4.98 Å². The Bertz CT molecular complexity index is 763. The van der Waals surface area contributed by atoms with E-state index in [4.69, 9.17) is 0 Å². The fourth-order valence-electron chi connectivity index (χ4n) is 2.92. The van der Waals surface area contributed by atoms with Crippen LogP contribution in [0.25, 0.3) is 0 Å². The van der Waals surface area contributed by atoms with Crippen LogP contribution in [0.5, 0.6) is 0 Å². The summed E-state index contributed by atoms with van der Waals surface area (Å²) in [6, 6.07) is 8.69. The third-order valence-electron chi connectivity index (χ3n) is 4.18. The van der Waals surface area contributed by atoms with E-state index in [0.717, 1.165) is 42.8 Å². The van der Waals surface area contributed by atoms with E-state index < -0.39 is 0 Å². The van der Waals surface area contributed by atoms with Crippen molar-refractivity contribution in [1.29, 1.82) is 0 Å². The number of benzene rings is 1. The molecule has 7 heteroatoms. The van der Waals surface area contributed by atoms with Crippen molar-refractivity contribution >= 4 is 47.0 Å². The van der Waals surface area contributed by atoms with Crippen molar-refractivity contribution in [3.05, 3.63) is 58.1 Å². The van der Waals surface area contributed by atoms with Gasteiger partial charge in [-0.05, 0) is 24.6 Å². The van der Waals surface area contributed by atoms with Crippen LogP contribution in [0.1, 0.15) is 16.3 Å². The summed E-state index contributed by atoms with van der Waals surface area (Å²) < 4.78 is 0. The van der Waals surface area contributed by atoms with Gasteiger partial charge in [-0.3, -0.25) is 4.99 Å². The lowest BCUT2D eigenvalue weighted by Gasteiger charge is -2.22. The van der Waals surface area contributed by atoms with Crippen LogP contribution in [0.15, 0.2) is 46.8 Å². The molecule has 140 valence electrons. The average Bonchev–Trinajstić information content (AvgIpc) is 3.28. The molecule has 1 aromatic heterocycles. The molecule has 0 fully saturated rings. The van der Waals surface area contributed by atoms with Crippen molar-refractivity contribution in [1.82, 2.24) is 15.2 Å². The second-order valence-electron chi connectivity index (χ2n) is 6.16. The highest BCUT2D eigenvalue weighted by Gasteiger charge is 2.10. The zero-order chi connectivity index (χ0) is 17.6. The van der Waals surface area contributed by atoms with E-state index in [0.29, 0.717) is 0 Å². The van der Waals surface area contributed by atoms with E-state index in [1.54, 1.807) is 11.3 Å². The van der Waals surface area contributed by atoms with E-state index in [2.05, 4.69) is 66.9 Å². The van der Waals surface area contributed by atoms with Crippen LogP contribution in [0.2, 0.25) is 0 Å². The fourth-order valence-corrected chi connectivity index (χ4v) is 3.52. The standard InChI is InChI=1S/C19H25N5S.HI/c1-15-22-17(14-25-15)13-23(3)19(20-2)21-12-16-7-6-8-18(11-16)24-9-4-5-10-24;/h4-8,11,14H,9-10,12-13H2,1-3H3,(H,20,21);1H. The quantitative estimate of drug-likeness (QED) is 0.305. The Morgan fingerprint density at radius 3 is 2.77 bits per heavy atom. The summed E-state index contributed by atoms with van der Waals surface area (Å²) >= 11 is 1.68. The number of halogens is 1. The van der Waals surface area contributed by atoms with E-state index in [1.165, 1.54) is 11.3 Å². The summed E-state index contributed by atoms with van der Waals surface area (Å²) in [6.45, 7) is 5.53. The van der Waals surface area contributed by atoms with Gasteiger partial charge in [-0.2, -0.15) is 0 Å². The van der Waals surface area contributed by atoms with Crippen molar-refractivity contribution < 1.29 is 0 Å². The third-order valence-corrected chi connectivity index (χ3v) is 5.01. The van der Waals surface area contributed by atoms with E-state index in [9.17, 15) is 0 Å². The summed E-state index contributed by atoms with van der Waals surface area (Å²) in [5.74, 6) is 0.874. The van der Waals surface area contributed by atoms with Gasteiger partial charge in [0.25, 0.3) is 0 Å². The van der Waals surface area contributed by atoms with Gasteiger partial charge in [0.2, 0.25) is 0 Å². The molecule has 0 spiro atoms. The minimum Gasteiger partial charge on any atom is -0.364 e. The predicted octanol–water partition coefficient (Wildman–Crippen LogP) is 3.65. The summed E-state index contributed by atoms with van der Waals surface area (Å²) in [4.78, 5) is 13.4. The van der Waals surface area contributed by atoms with Crippen molar-refractivity contribution in [2.24, 2.45) is 4.99 Å². The average molecular weight is 483 g/mol. The molecule has 5 nitrogen and oxygen atoms in total. The van der Waals surface area contributed by atoms with Crippen LogP contribution < -0.4 is 10.2 Å². The first-order valence-electron chi connectivity index (χ1n) is 8.47. The number of hydrogen-bond acceptors (Lipinski definition) is 4. The van der Waals surface area contributed by atoms with Gasteiger partial charge >= 0.3 is 0 Å². The molecule has 1 aromatic carbocycles. The zero-order valence-electron chi connectivity index (χ0n) is 15.5. The van der Waals surface area contributed by atoms with Crippen LogP contribution >= 0.6 is 35.3 Å². The summed E-state index contributed by atoms with van der Waals surface area (Å²) in [6.07, 6.45) is 4.42. The molecule has 2 heterocycles. The van der Waals surface area contributed by atoms with Gasteiger partial charge in [0.15, 0.2) is 5.96 Å². The van der Waals surface area contributed by atoms with E-state index in [1.807, 2.05) is 21.0 Å². The number of aromatic nitrogens is 1. The molecular formula is C19H26IN5S. The Labute approximate surface area is 176 Å². The molecule has 0 atom stereocenters. The van der Waals surface area contributed by atoms with Gasteiger partial charge in [-0.1, -0.05) is 24.3 Å². The highest BCUT2D eigenvalue weighted by atomic mass is 127. The lowest BCUT2D eigenvalue weighted by Crippen LogP contribution is -2.38. The van der Waals surface area contributed by atoms with E-state index >= 15 is 0 Å². The van der Waals surface area contributed by atoms with E-state index in [-0.39, 0.29) is 24.0 Å². The van der Waals surface area contributed by atoms with Gasteiger partial charge in [0.05, 0.1) is 17.2 Å². The molecule has 0 radical (unpaired) electrons. The largest absolute Gasteiger partial charge is 0.364 e. The zero-order valence-corrected chi connectivity index (χ0v) is 18.6. The van der Waals surface area contributed by atoms with Crippen molar-refractivity contribution in [3.8, 4) is 0 Å². The van der Waals surface area contributed by atoms with Crippen LogP contribution in [0, 0.1) is 6.92 Å². The summed E-state index contributed by atoms with van der Waals surface area (Å²) in [5.41, 5.74) is 3.60. The number of nitrogens with one attached hydrogen (secondary N) is 1. The minimum atomic E-state index is 0. The lowest BCUT2D eigenvalue weighted by atomic mass is 10.2. The predicted molar refractivity (Wildman–Crippen MR) is 122 cm³/mol. The lowest BCUT2D eigenvalue weighted by molar-refractivity contribution is 0.470. The van der Waals surface area contributed by atoms with Crippen molar-refractivity contribution in [3.63, 3.8) is 0 Å². The van der Waals surface area contributed by atoms with Crippen molar-refractivity contribution in [2.75, 3.05) is 32.1 Å². The van der Waals surface area contributed by atoms with Crippen molar-refractivity contribution in [2.45, 2.75) is 20.0 Å². The number of aryl methyl sites for hydroxylation is 1. The normalized spacial score (nSPS) is 13.7. The maximum absolute atomic E-state index is 4.52. The number of thiazole rings is 1. The van der Waals surface area contributed by atoms with Crippen LogP contribution in [0.3, 0.4) is 0 Å². The SMILES string of the molecule is CN=C(NCc1cccc(N2CC=CC2)c1)N(C)Cc1csc(C)n1.I. The molecule has 0 saturated carbocycles. The number of guanidine groups is 1. The molecule has 0 aliphatic carbocycles. The summed E-state index contributed by atoms with van der Waals surface area (Å²) in [7, 11) is 3.85. The number of rotatable bonds is 5. The Hall–Kier alpha value is -1.61. The maximum Gasteiger partial charge on any atom is 0.194 e. The third kappa shape index (κ3) is 5.44. The Balaban J connectivity index is 0.00000243. The van der Waals surface area contributed by atoms with Gasteiger partial charge in [-0.15, -0.1) is 35.3 Å². The topological polar surface area (TPSA) is 43.8 Å². The number of nitrogens with zero attached hydrogens (tertiary/aromatic N) is 4. The molecular weight excluding hydrogens is 457 g/mol. The molecule has 0 amide bonds. The van der Waals surface area contributed by atoms with Gasteiger partial charge in [0, 0.05) is 44.8 Å². The molecule has 1 aliphatic rings. The minimum absolute atomic E-state index is 0. The highest BCUT2D eigenvalue weighted by Crippen LogP contribution is 2.18. The maximum atomic E-state index is 4.52. The smallest absolute Gasteiger partial charge is 0.194 e. The number of aliphatic imine (C=N–C) groups is 1. The Morgan fingerprint density at radius 2 is 2.12 bits per heavy atom.